The molecule has 0 saturated carbocycles. The minimum absolute atomic E-state index is 0.0274. The third-order valence-corrected chi connectivity index (χ3v) is 7.46. The Morgan fingerprint density at radius 3 is 2.41 bits per heavy atom. The summed E-state index contributed by atoms with van der Waals surface area (Å²) in [7, 11) is -4.03. The van der Waals surface area contributed by atoms with E-state index in [1.807, 2.05) is 12.1 Å². The summed E-state index contributed by atoms with van der Waals surface area (Å²) >= 11 is 6.21. The molecule has 0 saturated heterocycles. The molecule has 2 N–H and O–H groups in total. The fraction of sp³-hybridized carbons (Fsp3) is 0.130. The van der Waals surface area contributed by atoms with Crippen molar-refractivity contribution in [2.45, 2.75) is 17.4 Å². The number of carbonyl (C=O) groups is 2. The smallest absolute Gasteiger partial charge is 0.339 e. The van der Waals surface area contributed by atoms with Crippen molar-refractivity contribution in [1.29, 1.82) is 0 Å². The molecule has 0 aromatic heterocycles. The molecule has 4 rings (SSSR count). The number of benzene rings is 3. The van der Waals surface area contributed by atoms with Crippen LogP contribution in [-0.2, 0) is 26.0 Å². The van der Waals surface area contributed by atoms with Gasteiger partial charge >= 0.3 is 5.97 Å². The number of primary amides is 1. The molecule has 1 heterocycles. The van der Waals surface area contributed by atoms with Crippen LogP contribution in [0.2, 0.25) is 5.02 Å². The fourth-order valence-corrected chi connectivity index (χ4v) is 5.60. The Balaban J connectivity index is 1.66. The van der Waals surface area contributed by atoms with E-state index in [9.17, 15) is 18.0 Å². The van der Waals surface area contributed by atoms with Crippen molar-refractivity contribution in [2.24, 2.45) is 5.73 Å². The Hall–Kier alpha value is -3.36. The van der Waals surface area contributed by atoms with E-state index in [4.69, 9.17) is 22.1 Å². The molecule has 9 heteroatoms. The summed E-state index contributed by atoms with van der Waals surface area (Å²) in [5.74, 6) is -1.74. The predicted octanol–water partition coefficient (Wildman–Crippen LogP) is 3.47. The zero-order chi connectivity index (χ0) is 22.9. The van der Waals surface area contributed by atoms with Gasteiger partial charge in [-0.05, 0) is 36.2 Å². The SMILES string of the molecule is NC(=O)C(OC(=O)c1ccc(Cl)c(S(=O)(=O)N2CCc3ccccc32)c1)c1ccccc1. The van der Waals surface area contributed by atoms with Crippen LogP contribution >= 0.6 is 11.6 Å². The summed E-state index contributed by atoms with van der Waals surface area (Å²) in [6.07, 6.45) is -0.739. The zero-order valence-electron chi connectivity index (χ0n) is 16.8. The van der Waals surface area contributed by atoms with Crippen molar-refractivity contribution in [3.63, 3.8) is 0 Å². The van der Waals surface area contributed by atoms with Crippen LogP contribution in [0.3, 0.4) is 0 Å². The van der Waals surface area contributed by atoms with Crippen LogP contribution in [0.1, 0.15) is 27.6 Å². The highest BCUT2D eigenvalue weighted by atomic mass is 35.5. The molecule has 7 nitrogen and oxygen atoms in total. The summed E-state index contributed by atoms with van der Waals surface area (Å²) in [4.78, 5) is 24.4. The molecule has 0 aliphatic carbocycles. The van der Waals surface area contributed by atoms with E-state index in [0.717, 1.165) is 11.6 Å². The standard InChI is InChI=1S/C23H19ClN2O5S/c24-18-11-10-17(23(28)31-21(22(25)27)16-7-2-1-3-8-16)14-20(18)32(29,30)26-13-12-15-6-4-5-9-19(15)26/h1-11,14,21H,12-13H2,(H2,25,27). The number of halogens is 1. The van der Waals surface area contributed by atoms with Crippen LogP contribution in [0, 0.1) is 0 Å². The van der Waals surface area contributed by atoms with E-state index < -0.39 is 28.0 Å². The summed E-state index contributed by atoms with van der Waals surface area (Å²) in [5.41, 5.74) is 7.24. The van der Waals surface area contributed by atoms with Gasteiger partial charge in [0.1, 0.15) is 4.90 Å². The lowest BCUT2D eigenvalue weighted by Crippen LogP contribution is -2.29. The number of nitrogens with zero attached hydrogens (tertiary/aromatic N) is 1. The number of esters is 1. The first-order chi connectivity index (χ1) is 15.3. The van der Waals surface area contributed by atoms with E-state index in [1.54, 1.807) is 42.5 Å². The molecule has 0 fully saturated rings. The van der Waals surface area contributed by atoms with Crippen LogP contribution in [-0.4, -0.2) is 26.8 Å². The van der Waals surface area contributed by atoms with E-state index in [1.165, 1.54) is 16.4 Å². The maximum Gasteiger partial charge on any atom is 0.339 e. The van der Waals surface area contributed by atoms with Gasteiger partial charge < -0.3 is 10.5 Å². The molecule has 3 aromatic carbocycles. The maximum atomic E-state index is 13.4. The van der Waals surface area contributed by atoms with Gasteiger partial charge in [0, 0.05) is 12.1 Å². The number of nitrogens with two attached hydrogens (primary N) is 1. The van der Waals surface area contributed by atoms with Gasteiger partial charge in [-0.15, -0.1) is 0 Å². The molecule has 1 atom stereocenters. The van der Waals surface area contributed by atoms with Gasteiger partial charge in [-0.2, -0.15) is 0 Å². The van der Waals surface area contributed by atoms with Gasteiger partial charge in [0.05, 0.1) is 16.3 Å². The quantitative estimate of drug-likeness (QED) is 0.555. The van der Waals surface area contributed by atoms with E-state index in [0.29, 0.717) is 17.7 Å². The normalized spacial score (nSPS) is 14.0. The molecule has 0 radical (unpaired) electrons. The number of rotatable bonds is 6. The number of hydrogen-bond donors (Lipinski definition) is 1. The van der Waals surface area contributed by atoms with Crippen molar-refractivity contribution in [3.05, 3.63) is 94.5 Å². The van der Waals surface area contributed by atoms with E-state index in [2.05, 4.69) is 0 Å². The molecule has 0 bridgehead atoms. The topological polar surface area (TPSA) is 107 Å². The fourth-order valence-electron chi connectivity index (χ4n) is 3.60. The van der Waals surface area contributed by atoms with Crippen molar-refractivity contribution < 1.29 is 22.7 Å². The lowest BCUT2D eigenvalue weighted by Gasteiger charge is -2.21. The number of anilines is 1. The number of hydrogen-bond acceptors (Lipinski definition) is 5. The van der Waals surface area contributed by atoms with Crippen LogP contribution < -0.4 is 10.0 Å². The Morgan fingerprint density at radius 1 is 1.00 bits per heavy atom. The Morgan fingerprint density at radius 2 is 1.69 bits per heavy atom. The average molecular weight is 471 g/mol. The van der Waals surface area contributed by atoms with Crippen molar-refractivity contribution >= 4 is 39.2 Å². The first kappa shape index (κ1) is 21.9. The summed E-state index contributed by atoms with van der Waals surface area (Å²) in [5, 5.41) is -0.0274. The molecular formula is C23H19ClN2O5S. The second kappa shape index (κ2) is 8.64. The largest absolute Gasteiger partial charge is 0.444 e. The van der Waals surface area contributed by atoms with Gasteiger partial charge in [-0.3, -0.25) is 9.10 Å². The second-order valence-corrected chi connectivity index (χ2v) is 9.44. The van der Waals surface area contributed by atoms with Crippen LogP contribution in [0.5, 0.6) is 0 Å². The average Bonchev–Trinajstić information content (AvgIpc) is 3.23. The molecule has 1 aliphatic heterocycles. The molecule has 1 unspecified atom stereocenters. The van der Waals surface area contributed by atoms with E-state index >= 15 is 0 Å². The summed E-state index contributed by atoms with van der Waals surface area (Å²) < 4.78 is 33.3. The number of ether oxygens (including phenoxy) is 1. The Kier molecular flexibility index (Phi) is 5.90. The highest BCUT2D eigenvalue weighted by molar-refractivity contribution is 7.93. The minimum Gasteiger partial charge on any atom is -0.444 e. The predicted molar refractivity (Wildman–Crippen MR) is 120 cm³/mol. The Labute approximate surface area is 190 Å². The van der Waals surface area contributed by atoms with Crippen molar-refractivity contribution in [1.82, 2.24) is 0 Å². The molecule has 3 aromatic rings. The van der Waals surface area contributed by atoms with Crippen molar-refractivity contribution in [3.8, 4) is 0 Å². The maximum absolute atomic E-state index is 13.4. The first-order valence-corrected chi connectivity index (χ1v) is 11.6. The lowest BCUT2D eigenvalue weighted by molar-refractivity contribution is -0.127. The van der Waals surface area contributed by atoms with Gasteiger partial charge in [0.15, 0.2) is 0 Å². The van der Waals surface area contributed by atoms with Crippen molar-refractivity contribution in [2.75, 3.05) is 10.8 Å². The van der Waals surface area contributed by atoms with Gasteiger partial charge in [0.25, 0.3) is 15.9 Å². The van der Waals surface area contributed by atoms with Gasteiger partial charge in [-0.25, -0.2) is 13.2 Å². The van der Waals surface area contributed by atoms with Gasteiger partial charge in [0.2, 0.25) is 6.10 Å². The monoisotopic (exact) mass is 470 g/mol. The molecule has 32 heavy (non-hydrogen) atoms. The molecule has 1 amide bonds. The number of amides is 1. The lowest BCUT2D eigenvalue weighted by atomic mass is 10.1. The summed E-state index contributed by atoms with van der Waals surface area (Å²) in [6, 6.07) is 19.3. The number of carbonyl (C=O) groups excluding carboxylic acids is 2. The highest BCUT2D eigenvalue weighted by Crippen LogP contribution is 2.35. The minimum atomic E-state index is -4.03. The molecular weight excluding hydrogens is 452 g/mol. The summed E-state index contributed by atoms with van der Waals surface area (Å²) in [6.45, 7) is 0.268. The van der Waals surface area contributed by atoms with E-state index in [-0.39, 0.29) is 22.0 Å². The molecule has 164 valence electrons. The molecule has 0 spiro atoms. The zero-order valence-corrected chi connectivity index (χ0v) is 18.3. The second-order valence-electron chi connectivity index (χ2n) is 7.20. The van der Waals surface area contributed by atoms with Crippen LogP contribution in [0.4, 0.5) is 5.69 Å². The third-order valence-electron chi connectivity index (χ3n) is 5.17. The molecule has 1 aliphatic rings. The number of para-hydroxylation sites is 1. The first-order valence-electron chi connectivity index (χ1n) is 9.74. The van der Waals surface area contributed by atoms with Crippen LogP contribution in [0.25, 0.3) is 0 Å². The third kappa shape index (κ3) is 4.06. The highest BCUT2D eigenvalue weighted by Gasteiger charge is 2.33. The number of fused-ring (bicyclic) bond motifs is 1. The number of sulfonamides is 1. The van der Waals surface area contributed by atoms with Gasteiger partial charge in [-0.1, -0.05) is 60.1 Å². The Bertz CT molecular complexity index is 1290. The van der Waals surface area contributed by atoms with Crippen LogP contribution in [0.15, 0.2) is 77.7 Å².